The summed E-state index contributed by atoms with van der Waals surface area (Å²) in [5.74, 6) is 0.787. The maximum atomic E-state index is 13.0. The molecule has 3 aromatic heterocycles. The van der Waals surface area contributed by atoms with Crippen molar-refractivity contribution in [2.75, 3.05) is 6.61 Å². The minimum atomic E-state index is -0.937. The molecule has 182 valence electrons. The third kappa shape index (κ3) is 4.93. The van der Waals surface area contributed by atoms with Crippen LogP contribution in [0.25, 0.3) is 16.3 Å². The smallest absolute Gasteiger partial charge is 0.255 e. The van der Waals surface area contributed by atoms with E-state index in [1.807, 2.05) is 30.5 Å². The molecule has 0 unspecified atom stereocenters. The van der Waals surface area contributed by atoms with Crippen molar-refractivity contribution in [2.45, 2.75) is 57.1 Å². The zero-order valence-corrected chi connectivity index (χ0v) is 20.0. The molecule has 8 nitrogen and oxygen atoms in total. The summed E-state index contributed by atoms with van der Waals surface area (Å²) >= 11 is 0. The Labute approximate surface area is 202 Å². The fraction of sp³-hybridized carbons (Fsp3) is 0.370. The molecule has 0 saturated heterocycles. The summed E-state index contributed by atoms with van der Waals surface area (Å²) in [5.41, 5.74) is 1.40. The van der Waals surface area contributed by atoms with Gasteiger partial charge < -0.3 is 20.1 Å². The van der Waals surface area contributed by atoms with Crippen LogP contribution in [-0.2, 0) is 0 Å². The molecular formula is C27H30N4O4. The van der Waals surface area contributed by atoms with Crippen LogP contribution in [0.1, 0.15) is 61.4 Å². The van der Waals surface area contributed by atoms with Gasteiger partial charge in [0, 0.05) is 17.6 Å². The predicted octanol–water partition coefficient (Wildman–Crippen LogP) is 3.78. The Hall–Kier alpha value is -3.65. The largest absolute Gasteiger partial charge is 0.489 e. The third-order valence-electron chi connectivity index (χ3n) is 6.67. The van der Waals surface area contributed by atoms with Crippen LogP contribution in [0, 0.1) is 0 Å². The van der Waals surface area contributed by atoms with Gasteiger partial charge in [-0.2, -0.15) is 5.10 Å². The normalized spacial score (nSPS) is 18.6. The zero-order valence-electron chi connectivity index (χ0n) is 20.0. The molecular weight excluding hydrogens is 444 g/mol. The second kappa shape index (κ2) is 9.19. The number of aliphatic hydroxyl groups is 1. The number of pyridine rings is 2. The number of hydrogen-bond donors (Lipinski definition) is 3. The monoisotopic (exact) mass is 474 g/mol. The number of amides is 1. The third-order valence-corrected chi connectivity index (χ3v) is 6.67. The van der Waals surface area contributed by atoms with Crippen LogP contribution in [0.2, 0.25) is 0 Å². The highest BCUT2D eigenvalue weighted by Crippen LogP contribution is 2.35. The summed E-state index contributed by atoms with van der Waals surface area (Å²) in [7, 11) is 0. The number of nitrogens with zero attached hydrogens (tertiary/aromatic N) is 2. The fourth-order valence-electron chi connectivity index (χ4n) is 4.87. The van der Waals surface area contributed by atoms with Gasteiger partial charge in [-0.1, -0.05) is 18.2 Å². The second-order valence-electron chi connectivity index (χ2n) is 9.99. The molecule has 1 aromatic carbocycles. The standard InChI is InChI=1S/C27H30N4O4/c1-27(2,34)16-35-19-11-12-24-23(14-29-31(24)15-19)26(33)30-18-9-7-17(8-10-18)22-13-28-25(32)21-6-4-3-5-20(21)22/h3-6,11-15,17-18,34H,7-10,16H2,1-2H3,(H,28,32)(H,30,33). The number of carbonyl (C=O) groups is 1. The van der Waals surface area contributed by atoms with Crippen LogP contribution in [-0.4, -0.2) is 43.9 Å². The topological polar surface area (TPSA) is 109 Å². The van der Waals surface area contributed by atoms with Crippen molar-refractivity contribution in [3.05, 3.63) is 76.5 Å². The van der Waals surface area contributed by atoms with Gasteiger partial charge in [0.05, 0.1) is 29.1 Å². The van der Waals surface area contributed by atoms with Gasteiger partial charge in [0.15, 0.2) is 0 Å². The highest BCUT2D eigenvalue weighted by atomic mass is 16.5. The van der Waals surface area contributed by atoms with E-state index < -0.39 is 5.60 Å². The van der Waals surface area contributed by atoms with Crippen LogP contribution in [0.4, 0.5) is 0 Å². The average Bonchev–Trinajstić information content (AvgIpc) is 3.27. The number of rotatable bonds is 6. The summed E-state index contributed by atoms with van der Waals surface area (Å²) in [6.07, 6.45) is 8.76. The van der Waals surface area contributed by atoms with Gasteiger partial charge in [-0.05, 0) is 74.6 Å². The van der Waals surface area contributed by atoms with E-state index in [9.17, 15) is 14.7 Å². The molecule has 4 aromatic rings. The quantitative estimate of drug-likeness (QED) is 0.394. The van der Waals surface area contributed by atoms with Gasteiger partial charge in [0.1, 0.15) is 12.4 Å². The van der Waals surface area contributed by atoms with Crippen LogP contribution in [0.3, 0.4) is 0 Å². The molecule has 3 N–H and O–H groups in total. The van der Waals surface area contributed by atoms with E-state index in [1.165, 1.54) is 5.56 Å². The number of ether oxygens (including phenoxy) is 1. The summed E-state index contributed by atoms with van der Waals surface area (Å²) in [5, 5.41) is 19.1. The number of carbonyl (C=O) groups excluding carboxylic acids is 1. The number of aromatic amines is 1. The number of fused-ring (bicyclic) bond motifs is 2. The Morgan fingerprint density at radius 2 is 1.91 bits per heavy atom. The van der Waals surface area contributed by atoms with Crippen LogP contribution in [0.15, 0.2) is 59.8 Å². The summed E-state index contributed by atoms with van der Waals surface area (Å²) in [4.78, 5) is 28.1. The molecule has 1 fully saturated rings. The van der Waals surface area contributed by atoms with E-state index >= 15 is 0 Å². The number of aromatic nitrogens is 3. The van der Waals surface area contributed by atoms with E-state index in [1.54, 1.807) is 42.9 Å². The van der Waals surface area contributed by atoms with Gasteiger partial charge in [0.2, 0.25) is 0 Å². The molecule has 35 heavy (non-hydrogen) atoms. The molecule has 3 heterocycles. The average molecular weight is 475 g/mol. The lowest BCUT2D eigenvalue weighted by atomic mass is 9.81. The number of nitrogens with one attached hydrogen (secondary N) is 2. The lowest BCUT2D eigenvalue weighted by molar-refractivity contribution is 0.0283. The molecule has 0 aliphatic heterocycles. The summed E-state index contributed by atoms with van der Waals surface area (Å²) < 4.78 is 7.24. The molecule has 0 spiro atoms. The summed E-state index contributed by atoms with van der Waals surface area (Å²) in [6.45, 7) is 3.51. The second-order valence-corrected chi connectivity index (χ2v) is 9.99. The van der Waals surface area contributed by atoms with Crippen molar-refractivity contribution >= 4 is 22.2 Å². The number of H-pyrrole nitrogens is 1. The van der Waals surface area contributed by atoms with Crippen LogP contribution >= 0.6 is 0 Å². The lowest BCUT2D eigenvalue weighted by Crippen LogP contribution is -2.37. The molecule has 0 atom stereocenters. The number of benzene rings is 1. The first-order valence-corrected chi connectivity index (χ1v) is 12.0. The molecule has 1 aliphatic rings. The Morgan fingerprint density at radius 3 is 2.66 bits per heavy atom. The zero-order chi connectivity index (χ0) is 24.6. The highest BCUT2D eigenvalue weighted by molar-refractivity contribution is 6.00. The fourth-order valence-corrected chi connectivity index (χ4v) is 4.87. The molecule has 8 heteroatoms. The van der Waals surface area contributed by atoms with Gasteiger partial charge in [0.25, 0.3) is 11.5 Å². The molecule has 1 aliphatic carbocycles. The Morgan fingerprint density at radius 1 is 1.17 bits per heavy atom. The Bertz CT molecular complexity index is 1420. The predicted molar refractivity (Wildman–Crippen MR) is 134 cm³/mol. The molecule has 0 radical (unpaired) electrons. The lowest BCUT2D eigenvalue weighted by Gasteiger charge is -2.29. The van der Waals surface area contributed by atoms with Crippen molar-refractivity contribution in [2.24, 2.45) is 0 Å². The molecule has 5 rings (SSSR count). The molecule has 1 amide bonds. The first-order valence-electron chi connectivity index (χ1n) is 12.0. The highest BCUT2D eigenvalue weighted by Gasteiger charge is 2.26. The molecule has 1 saturated carbocycles. The van der Waals surface area contributed by atoms with E-state index in [0.717, 1.165) is 36.5 Å². The summed E-state index contributed by atoms with van der Waals surface area (Å²) in [6, 6.07) is 11.4. The molecule has 0 bridgehead atoms. The first kappa shape index (κ1) is 23.1. The van der Waals surface area contributed by atoms with Crippen molar-refractivity contribution in [3.63, 3.8) is 0 Å². The van der Waals surface area contributed by atoms with Gasteiger partial charge in [-0.15, -0.1) is 0 Å². The van der Waals surface area contributed by atoms with Gasteiger partial charge in [-0.25, -0.2) is 4.52 Å². The van der Waals surface area contributed by atoms with Crippen LogP contribution < -0.4 is 15.6 Å². The number of hydrogen-bond acceptors (Lipinski definition) is 5. The van der Waals surface area contributed by atoms with Crippen LogP contribution in [0.5, 0.6) is 5.75 Å². The maximum absolute atomic E-state index is 13.0. The van der Waals surface area contributed by atoms with Crippen molar-refractivity contribution in [1.82, 2.24) is 19.9 Å². The maximum Gasteiger partial charge on any atom is 0.255 e. The van der Waals surface area contributed by atoms with Crippen molar-refractivity contribution < 1.29 is 14.6 Å². The van der Waals surface area contributed by atoms with E-state index in [0.29, 0.717) is 22.7 Å². The van der Waals surface area contributed by atoms with E-state index in [2.05, 4.69) is 15.4 Å². The Kier molecular flexibility index (Phi) is 6.06. The minimum Gasteiger partial charge on any atom is -0.489 e. The van der Waals surface area contributed by atoms with E-state index in [4.69, 9.17) is 4.74 Å². The SMILES string of the molecule is CC(C)(O)COc1ccc2c(C(=O)NC3CCC(c4c[nH]c(=O)c5ccccc45)CC3)cnn2c1. The Balaban J connectivity index is 1.23. The van der Waals surface area contributed by atoms with Gasteiger partial charge in [-0.3, -0.25) is 9.59 Å². The van der Waals surface area contributed by atoms with Crippen molar-refractivity contribution in [3.8, 4) is 5.75 Å². The van der Waals surface area contributed by atoms with E-state index in [-0.39, 0.29) is 24.1 Å². The minimum absolute atomic E-state index is 0.0605. The first-order chi connectivity index (χ1) is 16.8. The van der Waals surface area contributed by atoms with Crippen molar-refractivity contribution in [1.29, 1.82) is 0 Å². The van der Waals surface area contributed by atoms with Gasteiger partial charge >= 0.3 is 0 Å².